The maximum atomic E-state index is 12.4. The predicted octanol–water partition coefficient (Wildman–Crippen LogP) is 3.76. The second-order valence-corrected chi connectivity index (χ2v) is 6.53. The van der Waals surface area contributed by atoms with Crippen LogP contribution in [0.3, 0.4) is 0 Å². The van der Waals surface area contributed by atoms with Crippen molar-refractivity contribution in [2.24, 2.45) is 5.92 Å². The highest BCUT2D eigenvalue weighted by molar-refractivity contribution is 5.74. The summed E-state index contributed by atoms with van der Waals surface area (Å²) in [7, 11) is 0. The molecule has 0 saturated heterocycles. The molecule has 0 aliphatic carbocycles. The van der Waals surface area contributed by atoms with E-state index in [0.717, 1.165) is 19.3 Å². The quantitative estimate of drug-likeness (QED) is 0.264. The van der Waals surface area contributed by atoms with Crippen LogP contribution in [0.15, 0.2) is 12.2 Å². The minimum atomic E-state index is -0.951. The van der Waals surface area contributed by atoms with Crippen molar-refractivity contribution in [2.75, 3.05) is 6.54 Å². The third-order valence-electron chi connectivity index (χ3n) is 3.27. The number of rotatable bonds is 10. The molecule has 0 N–H and O–H groups in total. The van der Waals surface area contributed by atoms with Crippen LogP contribution in [0, 0.1) is 16.0 Å². The Morgan fingerprint density at radius 2 is 1.78 bits per heavy atom. The Labute approximate surface area is 139 Å². The summed E-state index contributed by atoms with van der Waals surface area (Å²) in [6.07, 6.45) is 5.25. The van der Waals surface area contributed by atoms with Crippen LogP contribution in [0.5, 0.6) is 0 Å². The first kappa shape index (κ1) is 21.6. The van der Waals surface area contributed by atoms with Crippen LogP contribution < -0.4 is 0 Å². The zero-order valence-corrected chi connectivity index (χ0v) is 15.2. The van der Waals surface area contributed by atoms with E-state index in [-0.39, 0.29) is 6.10 Å². The molecule has 0 aromatic heterocycles. The lowest BCUT2D eigenvalue weighted by molar-refractivity contribution is -0.488. The number of carbonyl (C=O) groups excluding carboxylic acids is 1. The molecule has 0 spiro atoms. The van der Waals surface area contributed by atoms with Gasteiger partial charge in [0.25, 0.3) is 0 Å². The number of nitrogens with zero attached hydrogens (tertiary/aromatic N) is 1. The molecule has 23 heavy (non-hydrogen) atoms. The molecule has 6 heteroatoms. The maximum Gasteiger partial charge on any atom is 0.319 e. The van der Waals surface area contributed by atoms with Crippen molar-refractivity contribution in [3.63, 3.8) is 0 Å². The van der Waals surface area contributed by atoms with Crippen molar-refractivity contribution in [1.29, 1.82) is 0 Å². The Kier molecular flexibility index (Phi) is 9.72. The van der Waals surface area contributed by atoms with Gasteiger partial charge in [-0.3, -0.25) is 14.9 Å². The van der Waals surface area contributed by atoms with Crippen LogP contribution in [-0.4, -0.2) is 35.2 Å². The fourth-order valence-electron chi connectivity index (χ4n) is 2.10. The fraction of sp³-hybridized carbons (Fsp3) is 0.824. The summed E-state index contributed by atoms with van der Waals surface area (Å²) in [5.41, 5.74) is -0.695. The number of allylic oxidation sites excluding steroid dienone is 1. The average Bonchev–Trinajstić information content (AvgIpc) is 2.43. The van der Waals surface area contributed by atoms with Crippen molar-refractivity contribution in [2.45, 2.75) is 78.6 Å². The summed E-state index contributed by atoms with van der Waals surface area (Å²) in [6.45, 7) is 10.7. The van der Waals surface area contributed by atoms with Crippen LogP contribution in [0.1, 0.15) is 60.8 Å². The molecule has 2 atom stereocenters. The topological polar surface area (TPSA) is 78.7 Å². The van der Waals surface area contributed by atoms with E-state index < -0.39 is 35.1 Å². The molecule has 0 heterocycles. The summed E-state index contributed by atoms with van der Waals surface area (Å²) < 4.78 is 11.3. The Morgan fingerprint density at radius 1 is 1.22 bits per heavy atom. The number of carbonyl (C=O) groups is 1. The molecule has 134 valence electrons. The van der Waals surface area contributed by atoms with Crippen molar-refractivity contribution >= 4 is 5.97 Å². The van der Waals surface area contributed by atoms with Gasteiger partial charge in [0, 0.05) is 4.92 Å². The molecule has 0 rings (SSSR count). The predicted molar refractivity (Wildman–Crippen MR) is 89.9 cm³/mol. The van der Waals surface area contributed by atoms with Crippen LogP contribution in [0.25, 0.3) is 0 Å². The van der Waals surface area contributed by atoms with Crippen molar-refractivity contribution < 1.29 is 19.2 Å². The second kappa shape index (κ2) is 10.4. The molecule has 0 radical (unpaired) electrons. The van der Waals surface area contributed by atoms with E-state index in [9.17, 15) is 14.9 Å². The van der Waals surface area contributed by atoms with Gasteiger partial charge in [-0.2, -0.15) is 0 Å². The fourth-order valence-corrected chi connectivity index (χ4v) is 2.10. The highest BCUT2D eigenvalue weighted by Crippen LogP contribution is 2.20. The van der Waals surface area contributed by atoms with Crippen molar-refractivity contribution in [1.82, 2.24) is 0 Å². The highest BCUT2D eigenvalue weighted by Gasteiger charge is 2.36. The van der Waals surface area contributed by atoms with Crippen LogP contribution in [-0.2, 0) is 14.3 Å². The summed E-state index contributed by atoms with van der Waals surface area (Å²) in [4.78, 5) is 22.9. The molecule has 0 aromatic rings. The van der Waals surface area contributed by atoms with E-state index in [1.165, 1.54) is 0 Å². The molecule has 0 aliphatic rings. The lowest BCUT2D eigenvalue weighted by Crippen LogP contribution is -2.40. The van der Waals surface area contributed by atoms with Gasteiger partial charge < -0.3 is 9.47 Å². The SMILES string of the molecule is CC/C=C/[C@@H](OC(CC)CC)[C@@H](C[N+](=O)[O-])C(=O)OC(C)(C)C. The van der Waals surface area contributed by atoms with E-state index in [2.05, 4.69) is 0 Å². The normalized spacial score (nSPS) is 14.9. The molecule has 0 amide bonds. The number of nitro groups is 1. The van der Waals surface area contributed by atoms with Gasteiger partial charge in [-0.1, -0.05) is 32.9 Å². The number of ether oxygens (including phenoxy) is 2. The minimum absolute atomic E-state index is 0.0433. The van der Waals surface area contributed by atoms with Gasteiger partial charge in [-0.05, 0) is 40.0 Å². The zero-order valence-electron chi connectivity index (χ0n) is 15.2. The maximum absolute atomic E-state index is 12.4. The third-order valence-corrected chi connectivity index (χ3v) is 3.27. The summed E-state index contributed by atoms with van der Waals surface area (Å²) in [6, 6.07) is 0. The standard InChI is InChI=1S/C17H31NO5/c1-7-10-11-15(22-13(8-2)9-3)14(12-18(20)21)16(19)23-17(4,5)6/h10-11,13-15H,7-9,12H2,1-6H3/b11-10+/t14-,15-/m1/s1. The highest BCUT2D eigenvalue weighted by atomic mass is 16.6. The van der Waals surface area contributed by atoms with Gasteiger partial charge in [0.05, 0.1) is 12.2 Å². The Balaban J connectivity index is 5.39. The lowest BCUT2D eigenvalue weighted by atomic mass is 10.0. The summed E-state index contributed by atoms with van der Waals surface area (Å²) >= 11 is 0. The van der Waals surface area contributed by atoms with E-state index in [1.54, 1.807) is 26.8 Å². The molecule has 0 unspecified atom stereocenters. The molecule has 0 bridgehead atoms. The number of esters is 1. The van der Waals surface area contributed by atoms with E-state index in [1.807, 2.05) is 26.8 Å². The van der Waals surface area contributed by atoms with Crippen molar-refractivity contribution in [3.8, 4) is 0 Å². The Bertz CT molecular complexity index is 396. The molecule has 0 aliphatic heterocycles. The molecule has 0 fully saturated rings. The van der Waals surface area contributed by atoms with E-state index in [4.69, 9.17) is 9.47 Å². The Morgan fingerprint density at radius 3 is 2.17 bits per heavy atom. The van der Waals surface area contributed by atoms with Gasteiger partial charge in [-0.25, -0.2) is 0 Å². The van der Waals surface area contributed by atoms with Crippen molar-refractivity contribution in [3.05, 3.63) is 22.3 Å². The molecular formula is C17H31NO5. The zero-order chi connectivity index (χ0) is 18.0. The average molecular weight is 329 g/mol. The Hall–Kier alpha value is -1.43. The first-order valence-electron chi connectivity index (χ1n) is 8.31. The summed E-state index contributed by atoms with van der Waals surface area (Å²) in [5.74, 6) is -1.54. The second-order valence-electron chi connectivity index (χ2n) is 6.53. The minimum Gasteiger partial charge on any atom is -0.459 e. The van der Waals surface area contributed by atoms with E-state index in [0.29, 0.717) is 0 Å². The number of hydrogen-bond acceptors (Lipinski definition) is 5. The van der Waals surface area contributed by atoms with Gasteiger partial charge in [0.2, 0.25) is 6.54 Å². The summed E-state index contributed by atoms with van der Waals surface area (Å²) in [5, 5.41) is 11.0. The van der Waals surface area contributed by atoms with Crippen LogP contribution >= 0.6 is 0 Å². The molecule has 0 aromatic carbocycles. The van der Waals surface area contributed by atoms with Gasteiger partial charge >= 0.3 is 5.97 Å². The van der Waals surface area contributed by atoms with Crippen LogP contribution in [0.4, 0.5) is 0 Å². The third kappa shape index (κ3) is 9.33. The van der Waals surface area contributed by atoms with Gasteiger partial charge in [-0.15, -0.1) is 0 Å². The van der Waals surface area contributed by atoms with E-state index >= 15 is 0 Å². The largest absolute Gasteiger partial charge is 0.459 e. The first-order chi connectivity index (χ1) is 10.6. The first-order valence-corrected chi connectivity index (χ1v) is 8.31. The van der Waals surface area contributed by atoms with Crippen LogP contribution in [0.2, 0.25) is 0 Å². The monoisotopic (exact) mass is 329 g/mol. The lowest BCUT2D eigenvalue weighted by Gasteiger charge is -2.28. The number of hydrogen-bond donors (Lipinski definition) is 0. The molecule has 0 saturated carbocycles. The van der Waals surface area contributed by atoms with Gasteiger partial charge in [0.1, 0.15) is 5.60 Å². The van der Waals surface area contributed by atoms with Gasteiger partial charge in [0.15, 0.2) is 5.92 Å². The molecule has 6 nitrogen and oxygen atoms in total. The molecular weight excluding hydrogens is 298 g/mol. The smallest absolute Gasteiger partial charge is 0.319 e.